The van der Waals surface area contributed by atoms with E-state index < -0.39 is 12.1 Å². The van der Waals surface area contributed by atoms with Crippen LogP contribution in [0.4, 0.5) is 10.6 Å². The molecule has 0 radical (unpaired) electrons. The Bertz CT molecular complexity index is 767. The van der Waals surface area contributed by atoms with Crippen LogP contribution in [0.15, 0.2) is 30.3 Å². The molecule has 0 spiro atoms. The predicted molar refractivity (Wildman–Crippen MR) is 95.6 cm³/mol. The van der Waals surface area contributed by atoms with E-state index >= 15 is 0 Å². The second-order valence-corrected chi connectivity index (χ2v) is 6.04. The fourth-order valence-electron chi connectivity index (χ4n) is 3.07. The van der Waals surface area contributed by atoms with E-state index in [2.05, 4.69) is 10.2 Å². The number of nitrogens with one attached hydrogen (secondary N) is 1. The number of aromatic nitrogens is 2. The van der Waals surface area contributed by atoms with Gasteiger partial charge in [0, 0.05) is 38.2 Å². The van der Waals surface area contributed by atoms with Crippen molar-refractivity contribution in [1.29, 1.82) is 0 Å². The number of H-pyrrole nitrogens is 1. The highest BCUT2D eigenvalue weighted by Gasteiger charge is 2.27. The van der Waals surface area contributed by atoms with E-state index in [0.29, 0.717) is 44.1 Å². The summed E-state index contributed by atoms with van der Waals surface area (Å²) in [6, 6.07) is 9.83. The monoisotopic (exact) mass is 358 g/mol. The summed E-state index contributed by atoms with van der Waals surface area (Å²) >= 11 is 0. The molecule has 8 nitrogen and oxygen atoms in total. The van der Waals surface area contributed by atoms with E-state index in [0.717, 1.165) is 11.1 Å². The zero-order chi connectivity index (χ0) is 18.5. The highest BCUT2D eigenvalue weighted by molar-refractivity contribution is 5.90. The Kier molecular flexibility index (Phi) is 5.40. The third-order valence-corrected chi connectivity index (χ3v) is 4.40. The zero-order valence-corrected chi connectivity index (χ0v) is 14.6. The van der Waals surface area contributed by atoms with Crippen LogP contribution in [-0.2, 0) is 11.2 Å². The third kappa shape index (κ3) is 3.79. The first-order valence-electron chi connectivity index (χ1n) is 8.61. The second kappa shape index (κ2) is 7.90. The average molecular weight is 358 g/mol. The van der Waals surface area contributed by atoms with Crippen LogP contribution < -0.4 is 4.90 Å². The molecule has 1 amide bonds. The average Bonchev–Trinajstić information content (AvgIpc) is 3.06. The van der Waals surface area contributed by atoms with Gasteiger partial charge in [0.25, 0.3) is 0 Å². The quantitative estimate of drug-likeness (QED) is 0.793. The first-order valence-corrected chi connectivity index (χ1v) is 8.61. The Morgan fingerprint density at radius 2 is 1.88 bits per heavy atom. The summed E-state index contributed by atoms with van der Waals surface area (Å²) in [4.78, 5) is 26.8. The molecule has 0 aliphatic carbocycles. The van der Waals surface area contributed by atoms with Crippen molar-refractivity contribution < 1.29 is 19.4 Å². The third-order valence-electron chi connectivity index (χ3n) is 4.40. The highest BCUT2D eigenvalue weighted by Crippen LogP contribution is 2.26. The largest absolute Gasteiger partial charge is 0.465 e. The fourth-order valence-corrected chi connectivity index (χ4v) is 3.07. The molecule has 0 atom stereocenters. The molecule has 2 N–H and O–H groups in total. The Hall–Kier alpha value is -3.03. The molecule has 1 aromatic carbocycles. The van der Waals surface area contributed by atoms with Gasteiger partial charge in [-0.2, -0.15) is 5.10 Å². The number of nitrogens with zero attached hydrogens (tertiary/aromatic N) is 3. The molecule has 1 fully saturated rings. The maximum atomic E-state index is 12.3. The van der Waals surface area contributed by atoms with Crippen molar-refractivity contribution in [3.63, 3.8) is 0 Å². The first kappa shape index (κ1) is 17.8. The smallest absolute Gasteiger partial charge is 0.407 e. The minimum atomic E-state index is -0.914. The number of ether oxygens (including phenoxy) is 1. The van der Waals surface area contributed by atoms with Crippen LogP contribution >= 0.6 is 0 Å². The van der Waals surface area contributed by atoms with Crippen LogP contribution in [0.25, 0.3) is 0 Å². The summed E-state index contributed by atoms with van der Waals surface area (Å²) in [6.07, 6.45) is -0.372. The lowest BCUT2D eigenvalue weighted by Gasteiger charge is -2.33. The molecule has 0 saturated carbocycles. The van der Waals surface area contributed by atoms with Gasteiger partial charge in [-0.1, -0.05) is 30.3 Å². The van der Waals surface area contributed by atoms with Crippen LogP contribution in [0, 0.1) is 0 Å². The number of aromatic amines is 1. The van der Waals surface area contributed by atoms with Crippen LogP contribution in [0.2, 0.25) is 0 Å². The van der Waals surface area contributed by atoms with Gasteiger partial charge >= 0.3 is 12.1 Å². The van der Waals surface area contributed by atoms with Gasteiger partial charge in [-0.05, 0) is 12.5 Å². The minimum absolute atomic E-state index is 0.287. The number of benzene rings is 1. The molecule has 2 heterocycles. The number of amides is 1. The first-order chi connectivity index (χ1) is 12.6. The van der Waals surface area contributed by atoms with Crippen molar-refractivity contribution in [1.82, 2.24) is 15.1 Å². The van der Waals surface area contributed by atoms with Gasteiger partial charge in [-0.25, -0.2) is 9.59 Å². The SMILES string of the molecule is CCOC(=O)c1[nH]nc(N2CCN(C(=O)O)CC2)c1Cc1ccccc1. The maximum absolute atomic E-state index is 12.3. The number of piperazine rings is 1. The standard InChI is InChI=1S/C18H22N4O4/c1-2-26-17(23)15-14(12-13-6-4-3-5-7-13)16(20-19-15)21-8-10-22(11-9-21)18(24)25/h3-7H,2,8-12H2,1H3,(H,19,20)(H,24,25). The molecule has 1 aliphatic heterocycles. The van der Waals surface area contributed by atoms with Crippen molar-refractivity contribution in [3.05, 3.63) is 47.2 Å². The Morgan fingerprint density at radius 3 is 2.50 bits per heavy atom. The topological polar surface area (TPSA) is 98.8 Å². The molecular formula is C18H22N4O4. The van der Waals surface area contributed by atoms with Crippen LogP contribution in [0.1, 0.15) is 28.5 Å². The number of esters is 1. The van der Waals surface area contributed by atoms with Crippen molar-refractivity contribution in [2.24, 2.45) is 0 Å². The fraction of sp³-hybridized carbons (Fsp3) is 0.389. The summed E-state index contributed by atoms with van der Waals surface area (Å²) in [5, 5.41) is 16.3. The van der Waals surface area contributed by atoms with Crippen LogP contribution in [0.5, 0.6) is 0 Å². The number of rotatable bonds is 5. The number of anilines is 1. The number of carboxylic acid groups (broad SMARTS) is 1. The second-order valence-electron chi connectivity index (χ2n) is 6.04. The summed E-state index contributed by atoms with van der Waals surface area (Å²) in [5.41, 5.74) is 2.19. The Labute approximate surface area is 151 Å². The number of hydrogen-bond acceptors (Lipinski definition) is 5. The number of carbonyl (C=O) groups is 2. The van der Waals surface area contributed by atoms with Crippen LogP contribution in [0.3, 0.4) is 0 Å². The van der Waals surface area contributed by atoms with E-state index in [4.69, 9.17) is 9.84 Å². The predicted octanol–water partition coefficient (Wildman–Crippen LogP) is 1.98. The molecule has 0 unspecified atom stereocenters. The Balaban J connectivity index is 1.87. The van der Waals surface area contributed by atoms with Gasteiger partial charge in [-0.15, -0.1) is 0 Å². The molecule has 1 saturated heterocycles. The van der Waals surface area contributed by atoms with Gasteiger partial charge < -0.3 is 19.6 Å². The van der Waals surface area contributed by atoms with E-state index in [1.54, 1.807) is 6.92 Å². The maximum Gasteiger partial charge on any atom is 0.407 e. The van der Waals surface area contributed by atoms with Gasteiger partial charge in [0.15, 0.2) is 5.82 Å². The van der Waals surface area contributed by atoms with Gasteiger partial charge in [0.2, 0.25) is 0 Å². The summed E-state index contributed by atoms with van der Waals surface area (Å²) in [5.74, 6) is 0.253. The van der Waals surface area contributed by atoms with E-state index in [9.17, 15) is 9.59 Å². The van der Waals surface area contributed by atoms with Gasteiger partial charge in [-0.3, -0.25) is 5.10 Å². The lowest BCUT2D eigenvalue weighted by atomic mass is 10.0. The van der Waals surface area contributed by atoms with E-state index in [1.807, 2.05) is 35.2 Å². The molecule has 0 bridgehead atoms. The summed E-state index contributed by atoms with van der Waals surface area (Å²) < 4.78 is 5.14. The zero-order valence-electron chi connectivity index (χ0n) is 14.6. The molecule has 1 aliphatic rings. The lowest BCUT2D eigenvalue weighted by molar-refractivity contribution is 0.0518. The number of hydrogen-bond donors (Lipinski definition) is 2. The van der Waals surface area contributed by atoms with Gasteiger partial charge in [0.1, 0.15) is 5.69 Å². The van der Waals surface area contributed by atoms with Crippen molar-refractivity contribution in [2.45, 2.75) is 13.3 Å². The van der Waals surface area contributed by atoms with E-state index in [-0.39, 0.29) is 6.61 Å². The van der Waals surface area contributed by atoms with E-state index in [1.165, 1.54) is 4.90 Å². The molecule has 1 aromatic heterocycles. The normalized spacial score (nSPS) is 14.3. The highest BCUT2D eigenvalue weighted by atomic mass is 16.5. The van der Waals surface area contributed by atoms with Crippen molar-refractivity contribution >= 4 is 17.9 Å². The summed E-state index contributed by atoms with van der Waals surface area (Å²) in [7, 11) is 0. The Morgan fingerprint density at radius 1 is 1.19 bits per heavy atom. The van der Waals surface area contributed by atoms with Crippen molar-refractivity contribution in [3.8, 4) is 0 Å². The van der Waals surface area contributed by atoms with Crippen LogP contribution in [-0.4, -0.2) is 65.1 Å². The molecule has 2 aromatic rings. The molecule has 3 rings (SSSR count). The molecule has 138 valence electrons. The minimum Gasteiger partial charge on any atom is -0.465 e. The molecule has 26 heavy (non-hydrogen) atoms. The molecule has 8 heteroatoms. The lowest BCUT2D eigenvalue weighted by Crippen LogP contribution is -2.48. The van der Waals surface area contributed by atoms with Crippen molar-refractivity contribution in [2.75, 3.05) is 37.7 Å². The summed E-state index contributed by atoms with van der Waals surface area (Å²) in [6.45, 7) is 3.91. The number of carbonyl (C=O) groups excluding carboxylic acids is 1. The van der Waals surface area contributed by atoms with Gasteiger partial charge in [0.05, 0.1) is 6.61 Å². The molecular weight excluding hydrogens is 336 g/mol.